The molecule has 4 aliphatic rings. The van der Waals surface area contributed by atoms with E-state index in [9.17, 15) is 0 Å². The van der Waals surface area contributed by atoms with E-state index in [0.29, 0.717) is 0 Å². The summed E-state index contributed by atoms with van der Waals surface area (Å²) in [5.41, 5.74) is 42.7. The Bertz CT molecular complexity index is 5620. The molecule has 0 saturated carbocycles. The molecule has 0 atom stereocenters. The Morgan fingerprint density at radius 3 is 0.888 bits per heavy atom. The van der Waals surface area contributed by atoms with Gasteiger partial charge in [0, 0.05) is 34.1 Å². The molecular formula is C94H66B2N2. The van der Waals surface area contributed by atoms with Gasteiger partial charge in [-0.25, -0.2) is 0 Å². The highest BCUT2D eigenvalue weighted by atomic mass is 15.2. The van der Waals surface area contributed by atoms with Crippen molar-refractivity contribution in [3.8, 4) is 89.0 Å². The molecule has 0 spiro atoms. The second-order valence-electron chi connectivity index (χ2n) is 28.1. The lowest BCUT2D eigenvalue weighted by Crippen LogP contribution is -2.60. The van der Waals surface area contributed by atoms with Crippen molar-refractivity contribution >= 4 is 113 Å². The summed E-state index contributed by atoms with van der Waals surface area (Å²) in [7, 11) is 0. The van der Waals surface area contributed by atoms with Crippen LogP contribution in [0.4, 0.5) is 34.1 Å². The van der Waals surface area contributed by atoms with Crippen molar-refractivity contribution in [3.63, 3.8) is 0 Å². The number of nitrogens with zero attached hydrogens (tertiary/aromatic N) is 2. The first-order chi connectivity index (χ1) is 48.1. The van der Waals surface area contributed by atoms with E-state index in [2.05, 4.69) is 343 Å². The summed E-state index contributed by atoms with van der Waals surface area (Å²) in [6.07, 6.45) is 0. The van der Waals surface area contributed by atoms with Crippen molar-refractivity contribution < 1.29 is 0 Å². The van der Waals surface area contributed by atoms with Crippen LogP contribution in [0, 0.1) is 41.5 Å². The molecule has 0 radical (unpaired) electrons. The van der Waals surface area contributed by atoms with Crippen LogP contribution in [-0.2, 0) is 0 Å². The van der Waals surface area contributed by atoms with Crippen molar-refractivity contribution in [2.45, 2.75) is 41.5 Å². The van der Waals surface area contributed by atoms with Crippen molar-refractivity contribution in [1.29, 1.82) is 0 Å². The lowest BCUT2D eigenvalue weighted by atomic mass is 9.31. The molecule has 0 fully saturated rings. The fourth-order valence-electron chi connectivity index (χ4n) is 18.6. The average Bonchev–Trinajstić information content (AvgIpc) is 0.664. The van der Waals surface area contributed by atoms with Gasteiger partial charge in [-0.3, -0.25) is 0 Å². The number of para-hydroxylation sites is 2. The molecular weight excluding hydrogens is 1180 g/mol. The van der Waals surface area contributed by atoms with Crippen LogP contribution in [-0.4, -0.2) is 13.4 Å². The number of fused-ring (bicyclic) bond motifs is 8. The van der Waals surface area contributed by atoms with Gasteiger partial charge in [0.2, 0.25) is 13.4 Å². The van der Waals surface area contributed by atoms with Gasteiger partial charge in [0.05, 0.1) is 0 Å². The summed E-state index contributed by atoms with van der Waals surface area (Å²) >= 11 is 0. The van der Waals surface area contributed by atoms with Crippen LogP contribution >= 0.6 is 0 Å². The van der Waals surface area contributed by atoms with Gasteiger partial charge in [0.25, 0.3) is 0 Å². The summed E-state index contributed by atoms with van der Waals surface area (Å²) in [6.45, 7) is 13.7. The zero-order valence-electron chi connectivity index (χ0n) is 55.8. The predicted molar refractivity (Wildman–Crippen MR) is 421 cm³/mol. The number of hydrogen-bond donors (Lipinski definition) is 0. The first-order valence-electron chi connectivity index (χ1n) is 34.7. The van der Waals surface area contributed by atoms with Gasteiger partial charge in [-0.2, -0.15) is 0 Å². The highest BCUT2D eigenvalue weighted by molar-refractivity contribution is 7.02. The number of anilines is 6. The normalized spacial score (nSPS) is 12.9. The van der Waals surface area contributed by atoms with E-state index < -0.39 is 0 Å². The molecule has 0 amide bonds. The van der Waals surface area contributed by atoms with Crippen molar-refractivity contribution in [2.24, 2.45) is 0 Å². The van der Waals surface area contributed by atoms with Crippen LogP contribution in [0.3, 0.4) is 0 Å². The zero-order chi connectivity index (χ0) is 65.3. The molecule has 98 heavy (non-hydrogen) atoms. The third-order valence-corrected chi connectivity index (χ3v) is 22.3. The lowest BCUT2D eigenvalue weighted by Gasteiger charge is -2.43. The van der Waals surface area contributed by atoms with Gasteiger partial charge in [-0.15, -0.1) is 0 Å². The van der Waals surface area contributed by atoms with E-state index in [1.54, 1.807) is 0 Å². The second kappa shape index (κ2) is 21.4. The van der Waals surface area contributed by atoms with Crippen LogP contribution in [0.1, 0.15) is 33.4 Å². The molecule has 0 unspecified atom stereocenters. The number of benzene rings is 16. The minimum absolute atomic E-state index is 0.123. The Kier molecular flexibility index (Phi) is 12.4. The van der Waals surface area contributed by atoms with E-state index in [4.69, 9.17) is 0 Å². The maximum Gasteiger partial charge on any atom is 0.248 e. The van der Waals surface area contributed by atoms with Crippen LogP contribution in [0.5, 0.6) is 0 Å². The third kappa shape index (κ3) is 8.25. The van der Waals surface area contributed by atoms with Crippen LogP contribution in [0.2, 0.25) is 0 Å². The molecule has 4 heterocycles. The standard InChI is InChI=1S/C94H66B2N2/c1-55-41-57(3)87(58(4)42-55)71-51-73-77-45-67(63-29-17-9-18-30-63)49-85-93(77)96(80-40-38-66(62-27-15-8-16-28-62)48-84(80)97(85)69-33-21-11-22-34-69)82-54-76-72(88-59(5)43-56(2)44-60(88)6)52-74-78-46-68(64-31-19-10-20-32-64)50-86-94(78)95(81-53-75(71)91(89(73)82)92(76)90(74)81)79-39-37-65(61-25-13-7-14-26-61)47-83(79)98(86)70-35-23-12-24-36-70/h7-54H,1-6H3. The zero-order valence-corrected chi connectivity index (χ0v) is 55.8. The molecule has 0 aliphatic carbocycles. The molecule has 0 bridgehead atoms. The quantitative estimate of drug-likeness (QED) is 0.111. The third-order valence-electron chi connectivity index (χ3n) is 22.3. The number of hydrogen-bond acceptors (Lipinski definition) is 2. The van der Waals surface area contributed by atoms with E-state index in [1.807, 2.05) is 0 Å². The Morgan fingerprint density at radius 1 is 0.224 bits per heavy atom. The molecule has 458 valence electrons. The van der Waals surface area contributed by atoms with Crippen molar-refractivity contribution in [1.82, 2.24) is 0 Å². The van der Waals surface area contributed by atoms with Crippen molar-refractivity contribution in [2.75, 3.05) is 9.80 Å². The van der Waals surface area contributed by atoms with Crippen LogP contribution in [0.25, 0.3) is 121 Å². The largest absolute Gasteiger partial charge is 0.311 e. The van der Waals surface area contributed by atoms with E-state index >= 15 is 0 Å². The van der Waals surface area contributed by atoms with Gasteiger partial charge in [0.1, 0.15) is 0 Å². The van der Waals surface area contributed by atoms with Gasteiger partial charge in [-0.05, 0) is 280 Å². The highest BCUT2D eigenvalue weighted by Crippen LogP contribution is 2.55. The lowest BCUT2D eigenvalue weighted by molar-refractivity contribution is 1.29. The molecule has 0 aromatic heterocycles. The average molecular weight is 1250 g/mol. The topological polar surface area (TPSA) is 6.48 Å². The second-order valence-corrected chi connectivity index (χ2v) is 28.1. The van der Waals surface area contributed by atoms with E-state index in [1.165, 1.54) is 210 Å². The van der Waals surface area contributed by atoms with E-state index in [-0.39, 0.29) is 13.4 Å². The Labute approximate surface area is 573 Å². The summed E-state index contributed by atoms with van der Waals surface area (Å²) in [5, 5.41) is 8.00. The molecule has 20 rings (SSSR count). The maximum atomic E-state index is 2.72. The molecule has 4 heteroatoms. The molecule has 4 aliphatic heterocycles. The first kappa shape index (κ1) is 56.6. The maximum absolute atomic E-state index is 2.72. The highest BCUT2D eigenvalue weighted by Gasteiger charge is 2.46. The Hall–Kier alpha value is -11.7. The van der Waals surface area contributed by atoms with Gasteiger partial charge >= 0.3 is 0 Å². The molecule has 0 N–H and O–H groups in total. The fourth-order valence-corrected chi connectivity index (χ4v) is 18.6. The monoisotopic (exact) mass is 1240 g/mol. The Balaban J connectivity index is 1.01. The molecule has 16 aromatic rings. The van der Waals surface area contributed by atoms with E-state index in [0.717, 1.165) is 11.4 Å². The minimum Gasteiger partial charge on any atom is -0.311 e. The molecule has 16 aromatic carbocycles. The smallest absolute Gasteiger partial charge is 0.248 e. The fraction of sp³-hybridized carbons (Fsp3) is 0.0638. The Morgan fingerprint density at radius 2 is 0.541 bits per heavy atom. The summed E-state index contributed by atoms with van der Waals surface area (Å²) in [5.74, 6) is 0. The number of rotatable bonds is 8. The van der Waals surface area contributed by atoms with Crippen LogP contribution in [0.15, 0.2) is 291 Å². The first-order valence-corrected chi connectivity index (χ1v) is 34.7. The summed E-state index contributed by atoms with van der Waals surface area (Å²) in [6, 6.07) is 112. The van der Waals surface area contributed by atoms with Gasteiger partial charge in [0.15, 0.2) is 0 Å². The SMILES string of the molecule is Cc1cc(C)c(-c2cc3c4c(cc5c(-c6c(C)cc(C)cc6C)cc6c7c(cc2c4c57)B2c4ccc(-c5ccccc5)cc4N(c4ccccc4)c4cc(-c5ccccc5)cc-6c42)B2c4ccc(-c5ccccc5)cc4N(c4ccccc4)c4cc(-c5ccccc5)cc-3c42)c(C)c1. The summed E-state index contributed by atoms with van der Waals surface area (Å²) in [4.78, 5) is 5.18. The summed E-state index contributed by atoms with van der Waals surface area (Å²) < 4.78 is 0. The van der Waals surface area contributed by atoms with Gasteiger partial charge < -0.3 is 9.80 Å². The number of aryl methyl sites for hydroxylation is 6. The van der Waals surface area contributed by atoms with Crippen LogP contribution < -0.4 is 42.6 Å². The van der Waals surface area contributed by atoms with Gasteiger partial charge in [-0.1, -0.05) is 240 Å². The minimum atomic E-state index is -0.123. The predicted octanol–water partition coefficient (Wildman–Crippen LogP) is 21.0. The molecule has 0 saturated heterocycles. The molecule has 2 nitrogen and oxygen atoms in total. The van der Waals surface area contributed by atoms with Crippen molar-refractivity contribution in [3.05, 3.63) is 325 Å².